The van der Waals surface area contributed by atoms with E-state index in [2.05, 4.69) is 10.9 Å². The molecular formula is C19H16F3N3O. The lowest BCUT2D eigenvalue weighted by Crippen LogP contribution is -2.30. The van der Waals surface area contributed by atoms with Crippen LogP contribution in [0.15, 0.2) is 42.5 Å². The molecule has 0 saturated heterocycles. The van der Waals surface area contributed by atoms with Gasteiger partial charge >= 0.3 is 6.18 Å². The highest BCUT2D eigenvalue weighted by Gasteiger charge is 2.34. The number of benzene rings is 2. The summed E-state index contributed by atoms with van der Waals surface area (Å²) in [5.41, 5.74) is 4.64. The Labute approximate surface area is 148 Å². The Balaban J connectivity index is 1.70. The SMILES string of the molecule is N#Cc1ccc(NNC(=O)c2ccc(C3CCC3)cc2)c(C(F)(F)F)c1. The Morgan fingerprint density at radius 2 is 1.81 bits per heavy atom. The molecule has 3 rings (SSSR count). The van der Waals surface area contributed by atoms with Crippen LogP contribution in [0, 0.1) is 11.3 Å². The van der Waals surface area contributed by atoms with Gasteiger partial charge in [0, 0.05) is 5.56 Å². The fourth-order valence-electron chi connectivity index (χ4n) is 2.80. The number of anilines is 1. The van der Waals surface area contributed by atoms with Crippen LogP contribution in [0.3, 0.4) is 0 Å². The Morgan fingerprint density at radius 3 is 2.35 bits per heavy atom. The zero-order chi connectivity index (χ0) is 18.7. The van der Waals surface area contributed by atoms with Crippen LogP contribution in [0.25, 0.3) is 0 Å². The van der Waals surface area contributed by atoms with Crippen molar-refractivity contribution in [2.75, 3.05) is 5.43 Å². The van der Waals surface area contributed by atoms with E-state index in [4.69, 9.17) is 5.26 Å². The van der Waals surface area contributed by atoms with Gasteiger partial charge in [0.15, 0.2) is 0 Å². The second-order valence-electron chi connectivity index (χ2n) is 6.20. The Bertz CT molecular complexity index is 850. The molecule has 0 heterocycles. The number of carbonyl (C=O) groups is 1. The number of alkyl halides is 3. The van der Waals surface area contributed by atoms with Gasteiger partial charge in [-0.25, -0.2) is 0 Å². The number of hydrogen-bond acceptors (Lipinski definition) is 3. The van der Waals surface area contributed by atoms with Crippen molar-refractivity contribution in [3.8, 4) is 6.07 Å². The molecule has 4 nitrogen and oxygen atoms in total. The molecule has 2 N–H and O–H groups in total. The third-order valence-electron chi connectivity index (χ3n) is 4.51. The second-order valence-corrected chi connectivity index (χ2v) is 6.20. The predicted octanol–water partition coefficient (Wildman–Crippen LogP) is 4.60. The molecule has 0 unspecified atom stereocenters. The molecule has 2 aromatic carbocycles. The van der Waals surface area contributed by atoms with E-state index in [1.54, 1.807) is 18.2 Å². The van der Waals surface area contributed by atoms with Gasteiger partial charge in [0.05, 0.1) is 22.9 Å². The number of nitriles is 1. The van der Waals surface area contributed by atoms with Crippen molar-refractivity contribution in [1.82, 2.24) is 5.43 Å². The zero-order valence-corrected chi connectivity index (χ0v) is 13.7. The highest BCUT2D eigenvalue weighted by molar-refractivity contribution is 5.95. The smallest absolute Gasteiger partial charge is 0.298 e. The van der Waals surface area contributed by atoms with E-state index in [1.807, 2.05) is 12.1 Å². The van der Waals surface area contributed by atoms with Crippen molar-refractivity contribution in [3.05, 3.63) is 64.7 Å². The minimum atomic E-state index is -4.65. The monoisotopic (exact) mass is 359 g/mol. The van der Waals surface area contributed by atoms with Gasteiger partial charge in [0.2, 0.25) is 0 Å². The summed E-state index contributed by atoms with van der Waals surface area (Å²) >= 11 is 0. The van der Waals surface area contributed by atoms with Crippen molar-refractivity contribution in [1.29, 1.82) is 5.26 Å². The maximum atomic E-state index is 13.1. The van der Waals surface area contributed by atoms with Crippen molar-refractivity contribution >= 4 is 11.6 Å². The largest absolute Gasteiger partial charge is 0.418 e. The minimum Gasteiger partial charge on any atom is -0.298 e. The molecule has 0 aromatic heterocycles. The third-order valence-corrected chi connectivity index (χ3v) is 4.51. The van der Waals surface area contributed by atoms with Crippen LogP contribution >= 0.6 is 0 Å². The molecule has 1 amide bonds. The van der Waals surface area contributed by atoms with E-state index < -0.39 is 17.6 Å². The maximum Gasteiger partial charge on any atom is 0.418 e. The van der Waals surface area contributed by atoms with Gasteiger partial charge in [-0.15, -0.1) is 0 Å². The summed E-state index contributed by atoms with van der Waals surface area (Å²) in [7, 11) is 0. The van der Waals surface area contributed by atoms with Crippen molar-refractivity contribution < 1.29 is 18.0 Å². The number of halogens is 3. The second kappa shape index (κ2) is 7.08. The summed E-state index contributed by atoms with van der Waals surface area (Å²) in [5, 5.41) is 8.76. The molecule has 1 fully saturated rings. The lowest BCUT2D eigenvalue weighted by Gasteiger charge is -2.25. The molecule has 1 aliphatic carbocycles. The predicted molar refractivity (Wildman–Crippen MR) is 90.3 cm³/mol. The lowest BCUT2D eigenvalue weighted by molar-refractivity contribution is -0.137. The van der Waals surface area contributed by atoms with Crippen LogP contribution < -0.4 is 10.9 Å². The molecule has 0 aliphatic heterocycles. The van der Waals surface area contributed by atoms with Gasteiger partial charge in [-0.3, -0.25) is 15.6 Å². The number of carbonyl (C=O) groups excluding carboxylic acids is 1. The van der Waals surface area contributed by atoms with Crippen LogP contribution in [0.1, 0.15) is 52.2 Å². The first-order chi connectivity index (χ1) is 12.4. The van der Waals surface area contributed by atoms with Gasteiger partial charge in [0.25, 0.3) is 5.91 Å². The Kier molecular flexibility index (Phi) is 4.85. The summed E-state index contributed by atoms with van der Waals surface area (Å²) < 4.78 is 39.3. The van der Waals surface area contributed by atoms with E-state index in [1.165, 1.54) is 18.1 Å². The molecule has 1 saturated carbocycles. The van der Waals surface area contributed by atoms with Crippen LogP contribution in [-0.4, -0.2) is 5.91 Å². The van der Waals surface area contributed by atoms with Gasteiger partial charge in [-0.2, -0.15) is 18.4 Å². The first-order valence-corrected chi connectivity index (χ1v) is 8.16. The molecule has 1 aliphatic rings. The molecule has 0 spiro atoms. The molecule has 26 heavy (non-hydrogen) atoms. The minimum absolute atomic E-state index is 0.110. The van der Waals surface area contributed by atoms with Crippen LogP contribution in [0.4, 0.5) is 18.9 Å². The Hall–Kier alpha value is -3.01. The van der Waals surface area contributed by atoms with Gasteiger partial charge in [-0.05, 0) is 54.7 Å². The molecule has 134 valence electrons. The average Bonchev–Trinajstić information content (AvgIpc) is 2.58. The first-order valence-electron chi connectivity index (χ1n) is 8.16. The van der Waals surface area contributed by atoms with Crippen molar-refractivity contribution in [2.45, 2.75) is 31.4 Å². The number of amides is 1. The molecule has 0 atom stereocenters. The number of nitrogens with zero attached hydrogens (tertiary/aromatic N) is 1. The number of nitrogens with one attached hydrogen (secondary N) is 2. The summed E-state index contributed by atoms with van der Waals surface area (Å²) in [4.78, 5) is 12.2. The first kappa shape index (κ1) is 17.8. The van der Waals surface area contributed by atoms with E-state index in [0.29, 0.717) is 11.5 Å². The quantitative estimate of drug-likeness (QED) is 0.784. The van der Waals surface area contributed by atoms with Gasteiger partial charge in [-0.1, -0.05) is 18.6 Å². The van der Waals surface area contributed by atoms with Crippen molar-refractivity contribution in [3.63, 3.8) is 0 Å². The summed E-state index contributed by atoms with van der Waals surface area (Å²) in [6.45, 7) is 0. The van der Waals surface area contributed by atoms with E-state index in [-0.39, 0.29) is 11.3 Å². The molecule has 7 heteroatoms. The summed E-state index contributed by atoms with van der Waals surface area (Å²) in [6.07, 6.45) is -1.15. The molecule has 0 radical (unpaired) electrons. The summed E-state index contributed by atoms with van der Waals surface area (Å²) in [5.74, 6) is 0.000808. The maximum absolute atomic E-state index is 13.1. The third kappa shape index (κ3) is 3.80. The van der Waals surface area contributed by atoms with Crippen LogP contribution in [0.5, 0.6) is 0 Å². The van der Waals surface area contributed by atoms with E-state index in [9.17, 15) is 18.0 Å². The number of hydrazine groups is 1. The average molecular weight is 359 g/mol. The summed E-state index contributed by atoms with van der Waals surface area (Å²) in [6, 6.07) is 11.8. The fourth-order valence-corrected chi connectivity index (χ4v) is 2.80. The standard InChI is InChI=1S/C19H16F3N3O/c20-19(21,22)16-10-12(11-23)4-9-17(16)24-25-18(26)15-7-5-14(6-8-15)13-2-1-3-13/h4-10,13,24H,1-3H2,(H,25,26). The van der Waals surface area contributed by atoms with Crippen LogP contribution in [-0.2, 0) is 6.18 Å². The fraction of sp³-hybridized carbons (Fsp3) is 0.263. The van der Waals surface area contributed by atoms with Gasteiger partial charge in [0.1, 0.15) is 0 Å². The van der Waals surface area contributed by atoms with Crippen molar-refractivity contribution in [2.24, 2.45) is 0 Å². The number of hydrogen-bond donors (Lipinski definition) is 2. The highest BCUT2D eigenvalue weighted by atomic mass is 19.4. The van der Waals surface area contributed by atoms with E-state index in [0.717, 1.165) is 25.0 Å². The van der Waals surface area contributed by atoms with Gasteiger partial charge < -0.3 is 0 Å². The lowest BCUT2D eigenvalue weighted by atomic mass is 9.80. The number of rotatable bonds is 4. The topological polar surface area (TPSA) is 64.9 Å². The zero-order valence-electron chi connectivity index (χ0n) is 13.7. The Morgan fingerprint density at radius 1 is 1.12 bits per heavy atom. The molecule has 0 bridgehead atoms. The molecular weight excluding hydrogens is 343 g/mol. The van der Waals surface area contributed by atoms with Crippen LogP contribution in [0.2, 0.25) is 0 Å². The molecule has 2 aromatic rings. The highest BCUT2D eigenvalue weighted by Crippen LogP contribution is 2.36. The normalized spacial score (nSPS) is 14.2. The van der Waals surface area contributed by atoms with E-state index >= 15 is 0 Å².